The first-order valence-corrected chi connectivity index (χ1v) is 4.15. The molecule has 0 amide bonds. The molecule has 2 aromatic rings. The number of rotatable bonds is 2. The van der Waals surface area contributed by atoms with E-state index < -0.39 is 17.5 Å². The van der Waals surface area contributed by atoms with Gasteiger partial charge in [-0.25, -0.2) is 17.9 Å². The fourth-order valence-electron chi connectivity index (χ4n) is 1.14. The quantitative estimate of drug-likeness (QED) is 0.577. The highest BCUT2D eigenvalue weighted by molar-refractivity contribution is 5.70. The van der Waals surface area contributed by atoms with Crippen LogP contribution < -0.4 is 0 Å². The molecule has 0 N–H and O–H groups in total. The zero-order valence-corrected chi connectivity index (χ0v) is 7.69. The van der Waals surface area contributed by atoms with E-state index in [1.165, 1.54) is 0 Å². The van der Waals surface area contributed by atoms with Gasteiger partial charge in [-0.15, -0.1) is 5.10 Å². The topological polar surface area (TPSA) is 47.8 Å². The van der Waals surface area contributed by atoms with Gasteiger partial charge >= 0.3 is 0 Å². The van der Waals surface area contributed by atoms with Crippen LogP contribution in [0.5, 0.6) is 0 Å². The molecule has 1 heterocycles. The summed E-state index contributed by atoms with van der Waals surface area (Å²) in [5.41, 5.74) is -0.358. The third kappa shape index (κ3) is 1.56. The Balaban J connectivity index is 2.56. The fraction of sp³-hybridized carbons (Fsp3) is 0. The van der Waals surface area contributed by atoms with Crippen molar-refractivity contribution in [1.82, 2.24) is 15.0 Å². The Hall–Kier alpha value is -2.18. The standard InChI is InChI=1S/C9H4F3N3O/c10-6-1-2-7(9(12)8(6)11)15-3-5(4-16)13-14-15/h1-4H. The summed E-state index contributed by atoms with van der Waals surface area (Å²) in [6, 6.07) is 1.76. The highest BCUT2D eigenvalue weighted by Crippen LogP contribution is 2.17. The second-order valence-electron chi connectivity index (χ2n) is 2.90. The normalized spacial score (nSPS) is 10.4. The molecule has 1 aromatic carbocycles. The predicted molar refractivity (Wildman–Crippen MR) is 46.6 cm³/mol. The number of hydrogen-bond acceptors (Lipinski definition) is 3. The van der Waals surface area contributed by atoms with Crippen molar-refractivity contribution in [3.8, 4) is 5.69 Å². The van der Waals surface area contributed by atoms with Gasteiger partial charge in [0.05, 0.1) is 6.20 Å². The molecule has 1 aromatic heterocycles. The Labute approximate surface area is 87.3 Å². The summed E-state index contributed by atoms with van der Waals surface area (Å²) in [5, 5.41) is 6.76. The summed E-state index contributed by atoms with van der Waals surface area (Å²) >= 11 is 0. The second kappa shape index (κ2) is 3.76. The van der Waals surface area contributed by atoms with E-state index in [0.29, 0.717) is 6.29 Å². The minimum atomic E-state index is -1.60. The number of carbonyl (C=O) groups excluding carboxylic acids is 1. The Morgan fingerprint density at radius 3 is 2.56 bits per heavy atom. The molecule has 0 atom stereocenters. The van der Waals surface area contributed by atoms with Crippen molar-refractivity contribution in [2.75, 3.05) is 0 Å². The molecule has 0 saturated heterocycles. The molecule has 7 heteroatoms. The molecule has 0 aliphatic carbocycles. The van der Waals surface area contributed by atoms with Crippen LogP contribution in [0.15, 0.2) is 18.3 Å². The molecular formula is C9H4F3N3O. The maximum absolute atomic E-state index is 13.3. The monoisotopic (exact) mass is 227 g/mol. The summed E-state index contributed by atoms with van der Waals surface area (Å²) in [6.45, 7) is 0. The van der Waals surface area contributed by atoms with Gasteiger partial charge in [0.25, 0.3) is 0 Å². The van der Waals surface area contributed by atoms with Gasteiger partial charge in [0.1, 0.15) is 11.4 Å². The van der Waals surface area contributed by atoms with Crippen LogP contribution >= 0.6 is 0 Å². The molecule has 0 spiro atoms. The lowest BCUT2D eigenvalue weighted by Crippen LogP contribution is -2.02. The number of halogens is 3. The number of benzene rings is 1. The first kappa shape index (κ1) is 10.3. The summed E-state index contributed by atoms with van der Waals surface area (Å²) in [4.78, 5) is 10.3. The highest BCUT2D eigenvalue weighted by atomic mass is 19.2. The van der Waals surface area contributed by atoms with Crippen molar-refractivity contribution in [3.05, 3.63) is 41.5 Å². The number of aromatic nitrogens is 3. The van der Waals surface area contributed by atoms with Crippen molar-refractivity contribution in [2.24, 2.45) is 0 Å². The SMILES string of the molecule is O=Cc1cn(-c2ccc(F)c(F)c2F)nn1. The van der Waals surface area contributed by atoms with Crippen molar-refractivity contribution < 1.29 is 18.0 Å². The number of carbonyl (C=O) groups is 1. The second-order valence-corrected chi connectivity index (χ2v) is 2.90. The predicted octanol–water partition coefficient (Wildman–Crippen LogP) is 1.50. The molecule has 4 nitrogen and oxygen atoms in total. The molecule has 0 unspecified atom stereocenters. The van der Waals surface area contributed by atoms with E-state index >= 15 is 0 Å². The average molecular weight is 227 g/mol. The maximum Gasteiger partial charge on any atom is 0.196 e. The fourth-order valence-corrected chi connectivity index (χ4v) is 1.14. The Morgan fingerprint density at radius 1 is 1.19 bits per heavy atom. The molecule has 0 saturated carbocycles. The Kier molecular flexibility index (Phi) is 2.43. The zero-order valence-electron chi connectivity index (χ0n) is 7.69. The lowest BCUT2D eigenvalue weighted by atomic mass is 10.3. The number of aldehydes is 1. The summed E-state index contributed by atoms with van der Waals surface area (Å²) in [7, 11) is 0. The molecular weight excluding hydrogens is 223 g/mol. The zero-order chi connectivity index (χ0) is 11.7. The van der Waals surface area contributed by atoms with E-state index in [-0.39, 0.29) is 11.4 Å². The van der Waals surface area contributed by atoms with Crippen LogP contribution in [0.2, 0.25) is 0 Å². The molecule has 0 fully saturated rings. The van der Waals surface area contributed by atoms with Gasteiger partial charge in [-0.05, 0) is 12.1 Å². The lowest BCUT2D eigenvalue weighted by Gasteiger charge is -2.02. The van der Waals surface area contributed by atoms with Gasteiger partial charge < -0.3 is 0 Å². The first-order chi connectivity index (χ1) is 7.63. The van der Waals surface area contributed by atoms with Gasteiger partial charge in [0.2, 0.25) is 0 Å². The average Bonchev–Trinajstić information content (AvgIpc) is 2.74. The minimum absolute atomic E-state index is 0.0378. The minimum Gasteiger partial charge on any atom is -0.296 e. The molecule has 16 heavy (non-hydrogen) atoms. The van der Waals surface area contributed by atoms with Gasteiger partial charge in [-0.2, -0.15) is 0 Å². The van der Waals surface area contributed by atoms with Crippen LogP contribution in [0.4, 0.5) is 13.2 Å². The van der Waals surface area contributed by atoms with Crippen LogP contribution in [0, 0.1) is 17.5 Å². The molecule has 0 radical (unpaired) electrons. The third-order valence-corrected chi connectivity index (χ3v) is 1.89. The van der Waals surface area contributed by atoms with E-state index in [0.717, 1.165) is 23.0 Å². The highest BCUT2D eigenvalue weighted by Gasteiger charge is 2.15. The molecule has 0 bridgehead atoms. The summed E-state index contributed by atoms with van der Waals surface area (Å²) in [6.07, 6.45) is 1.50. The van der Waals surface area contributed by atoms with E-state index in [2.05, 4.69) is 10.3 Å². The molecule has 0 aliphatic heterocycles. The molecule has 82 valence electrons. The van der Waals surface area contributed by atoms with Crippen molar-refractivity contribution in [1.29, 1.82) is 0 Å². The molecule has 2 rings (SSSR count). The van der Waals surface area contributed by atoms with Gasteiger partial charge in [0, 0.05) is 0 Å². The van der Waals surface area contributed by atoms with Crippen LogP contribution in [0.25, 0.3) is 5.69 Å². The van der Waals surface area contributed by atoms with Crippen LogP contribution in [-0.2, 0) is 0 Å². The Morgan fingerprint density at radius 2 is 1.94 bits per heavy atom. The van der Waals surface area contributed by atoms with E-state index in [9.17, 15) is 18.0 Å². The summed E-state index contributed by atoms with van der Waals surface area (Å²) < 4.78 is 39.6. The van der Waals surface area contributed by atoms with Crippen LogP contribution in [0.1, 0.15) is 10.5 Å². The van der Waals surface area contributed by atoms with Crippen molar-refractivity contribution >= 4 is 6.29 Å². The van der Waals surface area contributed by atoms with Crippen molar-refractivity contribution in [3.63, 3.8) is 0 Å². The van der Waals surface area contributed by atoms with Gasteiger partial charge in [-0.1, -0.05) is 5.21 Å². The van der Waals surface area contributed by atoms with Crippen LogP contribution in [0.3, 0.4) is 0 Å². The number of hydrogen-bond donors (Lipinski definition) is 0. The van der Waals surface area contributed by atoms with E-state index in [1.807, 2.05) is 0 Å². The summed E-state index contributed by atoms with van der Waals surface area (Å²) in [5.74, 6) is -4.28. The number of nitrogens with zero attached hydrogens (tertiary/aromatic N) is 3. The van der Waals surface area contributed by atoms with Gasteiger partial charge in [0.15, 0.2) is 23.7 Å². The molecule has 0 aliphatic rings. The largest absolute Gasteiger partial charge is 0.296 e. The van der Waals surface area contributed by atoms with Crippen molar-refractivity contribution in [2.45, 2.75) is 0 Å². The van der Waals surface area contributed by atoms with E-state index in [1.54, 1.807) is 0 Å². The lowest BCUT2D eigenvalue weighted by molar-refractivity contribution is 0.111. The van der Waals surface area contributed by atoms with Gasteiger partial charge in [-0.3, -0.25) is 4.79 Å². The Bertz CT molecular complexity index is 553. The first-order valence-electron chi connectivity index (χ1n) is 4.15. The maximum atomic E-state index is 13.3. The van der Waals surface area contributed by atoms with E-state index in [4.69, 9.17) is 0 Å². The third-order valence-electron chi connectivity index (χ3n) is 1.89. The van der Waals surface area contributed by atoms with Crippen LogP contribution in [-0.4, -0.2) is 21.3 Å². The smallest absolute Gasteiger partial charge is 0.196 e.